The molecule has 2 N–H and O–H groups in total. The predicted molar refractivity (Wildman–Crippen MR) is 105 cm³/mol. The summed E-state index contributed by atoms with van der Waals surface area (Å²) in [6.07, 6.45) is 2.02. The van der Waals surface area contributed by atoms with E-state index in [-0.39, 0.29) is 17.9 Å². The third kappa shape index (κ3) is 4.89. The molecule has 1 atom stereocenters. The van der Waals surface area contributed by atoms with Crippen LogP contribution in [-0.2, 0) is 20.7 Å². The minimum Gasteiger partial charge on any atom is -0.484 e. The van der Waals surface area contributed by atoms with Crippen LogP contribution in [-0.4, -0.2) is 41.5 Å². The molecule has 1 amide bonds. The number of para-hydroxylation sites is 1. The number of hydrogen-bond donors (Lipinski definition) is 2. The third-order valence-electron chi connectivity index (χ3n) is 4.32. The van der Waals surface area contributed by atoms with Gasteiger partial charge in [-0.15, -0.1) is 0 Å². The molecule has 1 aromatic heterocycles. The lowest BCUT2D eigenvalue weighted by Gasteiger charge is -2.16. The van der Waals surface area contributed by atoms with Crippen LogP contribution in [0.1, 0.15) is 5.56 Å². The molecule has 0 fully saturated rings. The van der Waals surface area contributed by atoms with Gasteiger partial charge in [0.1, 0.15) is 11.8 Å². The number of benzene rings is 2. The van der Waals surface area contributed by atoms with Crippen molar-refractivity contribution in [3.05, 3.63) is 70.4 Å². The molecule has 150 valence electrons. The monoisotopic (exact) mass is 397 g/mol. The Morgan fingerprint density at radius 2 is 2.00 bits per heavy atom. The lowest BCUT2D eigenvalue weighted by atomic mass is 10.0. The molecule has 0 saturated carbocycles. The highest BCUT2D eigenvalue weighted by Crippen LogP contribution is 2.20. The minimum absolute atomic E-state index is 0.144. The fourth-order valence-corrected chi connectivity index (χ4v) is 2.93. The number of aromatic nitrogens is 1. The first-order chi connectivity index (χ1) is 14.0. The molecule has 9 heteroatoms. The van der Waals surface area contributed by atoms with E-state index in [1.165, 1.54) is 31.4 Å². The Balaban J connectivity index is 1.65. The SMILES string of the molecule is COC(=O)[C@H](Cc1c[nH]c2ccccc12)NC(=O)COc1cccc([N+](=O)[O-])c1. The van der Waals surface area contributed by atoms with Crippen LogP contribution in [0.5, 0.6) is 5.75 Å². The van der Waals surface area contributed by atoms with E-state index in [4.69, 9.17) is 9.47 Å². The number of hydrogen-bond acceptors (Lipinski definition) is 6. The molecule has 1 heterocycles. The summed E-state index contributed by atoms with van der Waals surface area (Å²) in [5.41, 5.74) is 1.64. The zero-order valence-electron chi connectivity index (χ0n) is 15.6. The van der Waals surface area contributed by atoms with Gasteiger partial charge >= 0.3 is 5.97 Å². The number of non-ortho nitro benzene ring substituents is 1. The summed E-state index contributed by atoms with van der Waals surface area (Å²) in [6, 6.07) is 12.2. The topological polar surface area (TPSA) is 124 Å². The van der Waals surface area contributed by atoms with Crippen molar-refractivity contribution >= 4 is 28.5 Å². The fraction of sp³-hybridized carbons (Fsp3) is 0.200. The van der Waals surface area contributed by atoms with Gasteiger partial charge < -0.3 is 19.8 Å². The van der Waals surface area contributed by atoms with Crippen LogP contribution >= 0.6 is 0 Å². The van der Waals surface area contributed by atoms with Crippen molar-refractivity contribution in [3.63, 3.8) is 0 Å². The van der Waals surface area contributed by atoms with Gasteiger partial charge in [-0.05, 0) is 17.7 Å². The molecule has 0 aliphatic rings. The average molecular weight is 397 g/mol. The molecule has 9 nitrogen and oxygen atoms in total. The van der Waals surface area contributed by atoms with Gasteiger partial charge in [-0.2, -0.15) is 0 Å². The Morgan fingerprint density at radius 1 is 1.21 bits per heavy atom. The van der Waals surface area contributed by atoms with E-state index in [0.29, 0.717) is 0 Å². The highest BCUT2D eigenvalue weighted by atomic mass is 16.6. The van der Waals surface area contributed by atoms with Gasteiger partial charge in [0, 0.05) is 29.6 Å². The second-order valence-corrected chi connectivity index (χ2v) is 6.25. The number of carbonyl (C=O) groups excluding carboxylic acids is 2. The number of H-pyrrole nitrogens is 1. The van der Waals surface area contributed by atoms with E-state index < -0.39 is 29.4 Å². The van der Waals surface area contributed by atoms with Crippen LogP contribution in [0.25, 0.3) is 10.9 Å². The Bertz CT molecular complexity index is 1050. The van der Waals surface area contributed by atoms with Crippen molar-refractivity contribution in [2.75, 3.05) is 13.7 Å². The summed E-state index contributed by atoms with van der Waals surface area (Å²) in [7, 11) is 1.25. The van der Waals surface area contributed by atoms with Crippen LogP contribution in [0, 0.1) is 10.1 Å². The van der Waals surface area contributed by atoms with E-state index in [0.717, 1.165) is 16.5 Å². The Kier molecular flexibility index (Phi) is 6.08. The number of ether oxygens (including phenoxy) is 2. The predicted octanol–water partition coefficient (Wildman–Crippen LogP) is 2.36. The summed E-state index contributed by atoms with van der Waals surface area (Å²) >= 11 is 0. The molecule has 0 unspecified atom stereocenters. The second-order valence-electron chi connectivity index (χ2n) is 6.25. The van der Waals surface area contributed by atoms with Crippen molar-refractivity contribution in [2.24, 2.45) is 0 Å². The number of nitrogens with one attached hydrogen (secondary N) is 2. The van der Waals surface area contributed by atoms with Crippen LogP contribution in [0.15, 0.2) is 54.7 Å². The molecular formula is C20H19N3O6. The standard InChI is InChI=1S/C20H19N3O6/c1-28-20(25)18(9-13-11-21-17-8-3-2-7-16(13)17)22-19(24)12-29-15-6-4-5-14(10-15)23(26)27/h2-8,10-11,18,21H,9,12H2,1H3,(H,22,24)/t18-/m0/s1. The van der Waals surface area contributed by atoms with E-state index >= 15 is 0 Å². The normalized spacial score (nSPS) is 11.6. The van der Waals surface area contributed by atoms with Crippen molar-refractivity contribution in [3.8, 4) is 5.75 Å². The smallest absolute Gasteiger partial charge is 0.328 e. The molecular weight excluding hydrogens is 378 g/mol. The number of nitrogens with zero attached hydrogens (tertiary/aromatic N) is 1. The van der Waals surface area contributed by atoms with Gasteiger partial charge in [-0.3, -0.25) is 14.9 Å². The zero-order valence-corrected chi connectivity index (χ0v) is 15.6. The van der Waals surface area contributed by atoms with Gasteiger partial charge in [0.15, 0.2) is 6.61 Å². The number of fused-ring (bicyclic) bond motifs is 1. The molecule has 3 aromatic rings. The van der Waals surface area contributed by atoms with Crippen LogP contribution in [0.2, 0.25) is 0 Å². The summed E-state index contributed by atoms with van der Waals surface area (Å²) in [4.78, 5) is 37.8. The molecule has 2 aromatic carbocycles. The van der Waals surface area contributed by atoms with E-state index in [1.54, 1.807) is 6.20 Å². The number of esters is 1. The number of carbonyl (C=O) groups is 2. The van der Waals surface area contributed by atoms with Crippen molar-refractivity contribution in [2.45, 2.75) is 12.5 Å². The average Bonchev–Trinajstić information content (AvgIpc) is 3.14. The lowest BCUT2D eigenvalue weighted by molar-refractivity contribution is -0.384. The van der Waals surface area contributed by atoms with E-state index in [1.807, 2.05) is 24.3 Å². The number of aromatic amines is 1. The van der Waals surface area contributed by atoms with Crippen LogP contribution < -0.4 is 10.1 Å². The van der Waals surface area contributed by atoms with Gasteiger partial charge in [0.25, 0.3) is 11.6 Å². The molecule has 3 rings (SSSR count). The van der Waals surface area contributed by atoms with Gasteiger partial charge in [0.05, 0.1) is 18.1 Å². The zero-order chi connectivity index (χ0) is 20.8. The first-order valence-electron chi connectivity index (χ1n) is 8.77. The molecule has 29 heavy (non-hydrogen) atoms. The maximum atomic E-state index is 12.3. The molecule has 0 radical (unpaired) electrons. The maximum Gasteiger partial charge on any atom is 0.328 e. The lowest BCUT2D eigenvalue weighted by Crippen LogP contribution is -2.44. The molecule has 0 spiro atoms. The minimum atomic E-state index is -0.902. The fourth-order valence-electron chi connectivity index (χ4n) is 2.93. The van der Waals surface area contributed by atoms with Gasteiger partial charge in [-0.25, -0.2) is 4.79 Å². The third-order valence-corrected chi connectivity index (χ3v) is 4.32. The number of nitro groups is 1. The van der Waals surface area contributed by atoms with Crippen molar-refractivity contribution < 1.29 is 24.0 Å². The largest absolute Gasteiger partial charge is 0.484 e. The van der Waals surface area contributed by atoms with Crippen LogP contribution in [0.3, 0.4) is 0 Å². The summed E-state index contributed by atoms with van der Waals surface area (Å²) in [5, 5.41) is 14.3. The Hall–Kier alpha value is -3.88. The van der Waals surface area contributed by atoms with Crippen LogP contribution in [0.4, 0.5) is 5.69 Å². The highest BCUT2D eigenvalue weighted by Gasteiger charge is 2.23. The molecule has 0 aliphatic heterocycles. The van der Waals surface area contributed by atoms with Crippen molar-refractivity contribution in [1.29, 1.82) is 0 Å². The Labute approximate surface area is 165 Å². The van der Waals surface area contributed by atoms with Gasteiger partial charge in [-0.1, -0.05) is 24.3 Å². The summed E-state index contributed by atoms with van der Waals surface area (Å²) in [6.45, 7) is -0.400. The van der Waals surface area contributed by atoms with E-state index in [9.17, 15) is 19.7 Å². The first-order valence-corrected chi connectivity index (χ1v) is 8.77. The number of methoxy groups -OCH3 is 1. The highest BCUT2D eigenvalue weighted by molar-refractivity contribution is 5.87. The van der Waals surface area contributed by atoms with E-state index in [2.05, 4.69) is 10.3 Å². The summed E-state index contributed by atoms with van der Waals surface area (Å²) in [5.74, 6) is -0.952. The van der Waals surface area contributed by atoms with Gasteiger partial charge in [0.2, 0.25) is 0 Å². The number of amides is 1. The molecule has 0 bridgehead atoms. The number of nitro benzene ring substituents is 1. The Morgan fingerprint density at radius 3 is 2.76 bits per heavy atom. The van der Waals surface area contributed by atoms with Crippen molar-refractivity contribution in [1.82, 2.24) is 10.3 Å². The summed E-state index contributed by atoms with van der Waals surface area (Å²) < 4.78 is 10.1. The first kappa shape index (κ1) is 19.9. The maximum absolute atomic E-state index is 12.3. The second kappa shape index (κ2) is 8.87. The molecule has 0 saturated heterocycles. The molecule has 0 aliphatic carbocycles. The number of rotatable bonds is 8. The quantitative estimate of drug-likeness (QED) is 0.342.